The second kappa shape index (κ2) is 4.75. The molecule has 0 aromatic carbocycles. The van der Waals surface area contributed by atoms with Gasteiger partial charge < -0.3 is 10.1 Å². The molecular formula is C11H18N2O2. The number of amidine groups is 1. The summed E-state index contributed by atoms with van der Waals surface area (Å²) < 4.78 is 5.39. The molecule has 2 atom stereocenters. The summed E-state index contributed by atoms with van der Waals surface area (Å²) in [5.74, 6) is 1.24. The molecule has 1 amide bonds. The summed E-state index contributed by atoms with van der Waals surface area (Å²) in [5, 5.41) is 2.89. The smallest absolute Gasteiger partial charge is 0.250 e. The Balaban J connectivity index is 1.97. The number of amides is 1. The van der Waals surface area contributed by atoms with E-state index < -0.39 is 0 Å². The number of nitrogens with zero attached hydrogens (tertiary/aromatic N) is 1. The van der Waals surface area contributed by atoms with Crippen molar-refractivity contribution < 1.29 is 9.53 Å². The predicted octanol–water partition coefficient (Wildman–Crippen LogP) is 1.11. The van der Waals surface area contributed by atoms with E-state index >= 15 is 0 Å². The van der Waals surface area contributed by atoms with Crippen LogP contribution in [0.4, 0.5) is 0 Å². The average molecular weight is 210 g/mol. The largest absolute Gasteiger partial charge is 0.381 e. The Morgan fingerprint density at radius 2 is 2.47 bits per heavy atom. The third kappa shape index (κ3) is 2.37. The summed E-state index contributed by atoms with van der Waals surface area (Å²) in [7, 11) is 0. The Labute approximate surface area is 90.1 Å². The predicted molar refractivity (Wildman–Crippen MR) is 57.8 cm³/mol. The number of ether oxygens (including phenoxy) is 1. The molecular weight excluding hydrogens is 192 g/mol. The van der Waals surface area contributed by atoms with Gasteiger partial charge in [0.25, 0.3) is 0 Å². The first-order chi connectivity index (χ1) is 7.31. The zero-order valence-corrected chi connectivity index (χ0v) is 9.16. The summed E-state index contributed by atoms with van der Waals surface area (Å²) >= 11 is 0. The molecule has 2 rings (SSSR count). The molecule has 2 aliphatic heterocycles. The van der Waals surface area contributed by atoms with Gasteiger partial charge in [-0.3, -0.25) is 9.79 Å². The first kappa shape index (κ1) is 10.6. The van der Waals surface area contributed by atoms with Crippen LogP contribution in [-0.2, 0) is 9.53 Å². The maximum atomic E-state index is 11.6. The van der Waals surface area contributed by atoms with Crippen molar-refractivity contribution in [2.75, 3.05) is 13.2 Å². The minimum absolute atomic E-state index is 0.0671. The lowest BCUT2D eigenvalue weighted by Gasteiger charge is -2.21. The van der Waals surface area contributed by atoms with Crippen LogP contribution in [0.3, 0.4) is 0 Å². The van der Waals surface area contributed by atoms with E-state index in [0.717, 1.165) is 38.1 Å². The van der Waals surface area contributed by atoms with Crippen molar-refractivity contribution in [1.29, 1.82) is 0 Å². The minimum Gasteiger partial charge on any atom is -0.381 e. The molecule has 1 N–H and O–H groups in total. The van der Waals surface area contributed by atoms with Crippen molar-refractivity contribution in [1.82, 2.24) is 5.32 Å². The molecule has 2 aliphatic rings. The molecule has 0 bridgehead atoms. The highest BCUT2D eigenvalue weighted by Gasteiger charge is 2.30. The van der Waals surface area contributed by atoms with Crippen molar-refractivity contribution in [3.63, 3.8) is 0 Å². The highest BCUT2D eigenvalue weighted by Crippen LogP contribution is 2.18. The van der Waals surface area contributed by atoms with Crippen LogP contribution < -0.4 is 5.32 Å². The lowest BCUT2D eigenvalue weighted by molar-refractivity contribution is -0.120. The number of hydrogen-bond donors (Lipinski definition) is 1. The van der Waals surface area contributed by atoms with Gasteiger partial charge >= 0.3 is 0 Å². The van der Waals surface area contributed by atoms with E-state index in [9.17, 15) is 4.79 Å². The summed E-state index contributed by atoms with van der Waals surface area (Å²) in [4.78, 5) is 16.0. The third-order valence-electron chi connectivity index (χ3n) is 2.96. The molecule has 15 heavy (non-hydrogen) atoms. The van der Waals surface area contributed by atoms with E-state index in [4.69, 9.17) is 4.74 Å². The van der Waals surface area contributed by atoms with Gasteiger partial charge in [0.2, 0.25) is 5.91 Å². The van der Waals surface area contributed by atoms with Gasteiger partial charge in [-0.05, 0) is 19.3 Å². The maximum Gasteiger partial charge on any atom is 0.250 e. The zero-order chi connectivity index (χ0) is 10.7. The Hall–Kier alpha value is -0.900. The van der Waals surface area contributed by atoms with Gasteiger partial charge in [0.05, 0.1) is 6.61 Å². The van der Waals surface area contributed by atoms with Crippen LogP contribution in [0.1, 0.15) is 32.6 Å². The van der Waals surface area contributed by atoms with E-state index in [1.807, 2.05) is 0 Å². The number of carbonyl (C=O) groups is 1. The molecule has 0 spiro atoms. The van der Waals surface area contributed by atoms with Crippen molar-refractivity contribution >= 4 is 11.7 Å². The highest BCUT2D eigenvalue weighted by atomic mass is 16.5. The van der Waals surface area contributed by atoms with Crippen LogP contribution >= 0.6 is 0 Å². The number of nitrogens with one attached hydrogen (secondary N) is 1. The van der Waals surface area contributed by atoms with Gasteiger partial charge in [-0.15, -0.1) is 0 Å². The number of carbonyl (C=O) groups excluding carboxylic acids is 1. The Morgan fingerprint density at radius 3 is 3.13 bits per heavy atom. The molecule has 2 unspecified atom stereocenters. The summed E-state index contributed by atoms with van der Waals surface area (Å²) in [6.45, 7) is 3.62. The van der Waals surface area contributed by atoms with Gasteiger partial charge in [-0.25, -0.2) is 0 Å². The van der Waals surface area contributed by atoms with Crippen LogP contribution in [0, 0.1) is 5.92 Å². The summed E-state index contributed by atoms with van der Waals surface area (Å²) in [6, 6.07) is -0.146. The molecule has 4 nitrogen and oxygen atoms in total. The Kier molecular flexibility index (Phi) is 3.36. The molecule has 1 fully saturated rings. The quantitative estimate of drug-likeness (QED) is 0.758. The number of hydrogen-bond acceptors (Lipinski definition) is 3. The standard InChI is InChI=1S/C11H18N2O2/c1-2-4-9-11(14)13-10(12-9)8-5-3-6-15-7-8/h8-9H,2-7H2,1H3,(H,12,13,14). The van der Waals surface area contributed by atoms with Crippen molar-refractivity contribution in [3.05, 3.63) is 0 Å². The van der Waals surface area contributed by atoms with Gasteiger partial charge in [-0.1, -0.05) is 13.3 Å². The van der Waals surface area contributed by atoms with E-state index in [1.165, 1.54) is 0 Å². The number of rotatable bonds is 3. The van der Waals surface area contributed by atoms with Crippen LogP contribution in [0.25, 0.3) is 0 Å². The van der Waals surface area contributed by atoms with Gasteiger partial charge in [0.15, 0.2) is 0 Å². The second-order valence-electron chi connectivity index (χ2n) is 4.22. The molecule has 0 radical (unpaired) electrons. The van der Waals surface area contributed by atoms with Crippen molar-refractivity contribution in [2.45, 2.75) is 38.6 Å². The molecule has 0 saturated carbocycles. The van der Waals surface area contributed by atoms with E-state index in [2.05, 4.69) is 17.2 Å². The molecule has 0 aliphatic carbocycles. The maximum absolute atomic E-state index is 11.6. The van der Waals surface area contributed by atoms with Gasteiger partial charge in [0.1, 0.15) is 11.9 Å². The second-order valence-corrected chi connectivity index (χ2v) is 4.22. The minimum atomic E-state index is -0.146. The molecule has 84 valence electrons. The molecule has 0 aromatic heterocycles. The third-order valence-corrected chi connectivity index (χ3v) is 2.96. The summed E-state index contributed by atoms with van der Waals surface area (Å²) in [5.41, 5.74) is 0. The molecule has 0 aromatic rings. The van der Waals surface area contributed by atoms with Crippen molar-refractivity contribution in [2.24, 2.45) is 10.9 Å². The topological polar surface area (TPSA) is 50.7 Å². The fourth-order valence-corrected chi connectivity index (χ4v) is 2.10. The first-order valence-electron chi connectivity index (χ1n) is 5.77. The molecule has 4 heteroatoms. The van der Waals surface area contributed by atoms with Gasteiger partial charge in [0, 0.05) is 12.5 Å². The van der Waals surface area contributed by atoms with Crippen molar-refractivity contribution in [3.8, 4) is 0 Å². The Bertz CT molecular complexity index is 270. The lowest BCUT2D eigenvalue weighted by Crippen LogP contribution is -2.36. The fraction of sp³-hybridized carbons (Fsp3) is 0.818. The number of aliphatic imine (C=N–C) groups is 1. The van der Waals surface area contributed by atoms with E-state index in [-0.39, 0.29) is 11.9 Å². The highest BCUT2D eigenvalue weighted by molar-refractivity contribution is 6.06. The van der Waals surface area contributed by atoms with Gasteiger partial charge in [-0.2, -0.15) is 0 Å². The van der Waals surface area contributed by atoms with E-state index in [1.54, 1.807) is 0 Å². The van der Waals surface area contributed by atoms with Crippen LogP contribution in [0.2, 0.25) is 0 Å². The average Bonchev–Trinajstić information content (AvgIpc) is 2.63. The lowest BCUT2D eigenvalue weighted by atomic mass is 10.0. The van der Waals surface area contributed by atoms with Crippen LogP contribution in [0.5, 0.6) is 0 Å². The van der Waals surface area contributed by atoms with E-state index in [0.29, 0.717) is 12.5 Å². The fourth-order valence-electron chi connectivity index (χ4n) is 2.10. The van der Waals surface area contributed by atoms with Crippen LogP contribution in [0.15, 0.2) is 4.99 Å². The SMILES string of the molecule is CCCC1N=C(C2CCCOC2)NC1=O. The molecule has 2 heterocycles. The normalized spacial score (nSPS) is 31.3. The van der Waals surface area contributed by atoms with Crippen LogP contribution in [-0.4, -0.2) is 31.0 Å². The Morgan fingerprint density at radius 1 is 1.60 bits per heavy atom. The first-order valence-corrected chi connectivity index (χ1v) is 5.77. The summed E-state index contributed by atoms with van der Waals surface area (Å²) in [6.07, 6.45) is 3.99. The monoisotopic (exact) mass is 210 g/mol. The molecule has 1 saturated heterocycles. The zero-order valence-electron chi connectivity index (χ0n) is 9.16.